The Morgan fingerprint density at radius 2 is 2.10 bits per heavy atom. The van der Waals surface area contributed by atoms with E-state index in [4.69, 9.17) is 11.6 Å². The molecule has 0 heterocycles. The van der Waals surface area contributed by atoms with Crippen LogP contribution in [0.3, 0.4) is 0 Å². The lowest BCUT2D eigenvalue weighted by molar-refractivity contribution is 0.211. The predicted octanol–water partition coefficient (Wildman–Crippen LogP) is 4.49. The van der Waals surface area contributed by atoms with E-state index in [9.17, 15) is 9.50 Å². The van der Waals surface area contributed by atoms with Crippen LogP contribution in [0.25, 0.3) is 0 Å². The fourth-order valence-corrected chi connectivity index (χ4v) is 3.40. The first-order chi connectivity index (χ1) is 10.0. The lowest BCUT2D eigenvalue weighted by Gasteiger charge is -2.31. The van der Waals surface area contributed by atoms with Crippen LogP contribution in [0.1, 0.15) is 17.5 Å². The van der Waals surface area contributed by atoms with E-state index in [0.29, 0.717) is 5.02 Å². The van der Waals surface area contributed by atoms with Gasteiger partial charge in [-0.2, -0.15) is 0 Å². The number of benzene rings is 2. The largest absolute Gasteiger partial charge is 0.394 e. The van der Waals surface area contributed by atoms with Crippen molar-refractivity contribution in [3.05, 3.63) is 62.8 Å². The third-order valence-corrected chi connectivity index (χ3v) is 5.19. The van der Waals surface area contributed by atoms with E-state index in [1.54, 1.807) is 18.2 Å². The Labute approximate surface area is 136 Å². The molecule has 1 aliphatic rings. The first-order valence-corrected chi connectivity index (χ1v) is 7.84. The van der Waals surface area contributed by atoms with Crippen molar-refractivity contribution in [3.8, 4) is 0 Å². The maximum Gasteiger partial charge on any atom is 0.123 e. The summed E-state index contributed by atoms with van der Waals surface area (Å²) in [5.41, 5.74) is 2.19. The van der Waals surface area contributed by atoms with Gasteiger partial charge in [-0.3, -0.25) is 0 Å². The van der Waals surface area contributed by atoms with Gasteiger partial charge in [0.25, 0.3) is 0 Å². The summed E-state index contributed by atoms with van der Waals surface area (Å²) in [6.45, 7) is -0.0497. The van der Waals surface area contributed by atoms with Crippen molar-refractivity contribution in [2.24, 2.45) is 0 Å². The summed E-state index contributed by atoms with van der Waals surface area (Å²) in [7, 11) is 0. The van der Waals surface area contributed by atoms with E-state index in [2.05, 4.69) is 21.2 Å². The van der Waals surface area contributed by atoms with E-state index < -0.39 is 5.54 Å². The molecule has 0 bridgehead atoms. The molecule has 3 rings (SSSR count). The molecule has 0 saturated carbocycles. The minimum Gasteiger partial charge on any atom is -0.394 e. The average molecular weight is 371 g/mol. The number of nitrogens with one attached hydrogen (secondary N) is 1. The van der Waals surface area contributed by atoms with Crippen LogP contribution in [-0.2, 0) is 12.0 Å². The van der Waals surface area contributed by atoms with E-state index in [1.165, 1.54) is 6.07 Å². The van der Waals surface area contributed by atoms with Crippen molar-refractivity contribution in [3.63, 3.8) is 0 Å². The van der Waals surface area contributed by atoms with Crippen molar-refractivity contribution in [2.45, 2.75) is 18.4 Å². The topological polar surface area (TPSA) is 32.3 Å². The molecule has 1 aliphatic carbocycles. The standard InChI is InChI=1S/C16H14BrClFNO/c17-14-8-12(2-4-15(14)18)20-16(9-21)6-5-10-7-11(19)1-3-13(10)16/h1-4,7-8,20-21H,5-6,9H2. The van der Waals surface area contributed by atoms with Gasteiger partial charge in [-0.1, -0.05) is 17.7 Å². The van der Waals surface area contributed by atoms with Crippen LogP contribution >= 0.6 is 27.5 Å². The van der Waals surface area contributed by atoms with Gasteiger partial charge in [-0.15, -0.1) is 0 Å². The molecule has 0 radical (unpaired) electrons. The molecule has 0 fully saturated rings. The number of anilines is 1. The maximum atomic E-state index is 13.3. The Hall–Kier alpha value is -1.10. The second-order valence-electron chi connectivity index (χ2n) is 5.30. The highest BCUT2D eigenvalue weighted by Crippen LogP contribution is 2.40. The van der Waals surface area contributed by atoms with Crippen LogP contribution < -0.4 is 5.32 Å². The van der Waals surface area contributed by atoms with Gasteiger partial charge in [-0.05, 0) is 70.2 Å². The molecule has 5 heteroatoms. The molecular formula is C16H14BrClFNO. The summed E-state index contributed by atoms with van der Waals surface area (Å²) >= 11 is 9.39. The summed E-state index contributed by atoms with van der Waals surface area (Å²) < 4.78 is 14.1. The van der Waals surface area contributed by atoms with Gasteiger partial charge < -0.3 is 10.4 Å². The van der Waals surface area contributed by atoms with Gasteiger partial charge in [-0.25, -0.2) is 4.39 Å². The van der Waals surface area contributed by atoms with Crippen LogP contribution in [0.15, 0.2) is 40.9 Å². The second kappa shape index (κ2) is 5.59. The molecule has 0 saturated heterocycles. The molecule has 0 spiro atoms. The lowest BCUT2D eigenvalue weighted by Crippen LogP contribution is -2.36. The average Bonchev–Trinajstić information content (AvgIpc) is 2.81. The maximum absolute atomic E-state index is 13.3. The van der Waals surface area contributed by atoms with Crippen LogP contribution in [0.4, 0.5) is 10.1 Å². The van der Waals surface area contributed by atoms with Crippen LogP contribution in [0, 0.1) is 5.82 Å². The van der Waals surface area contributed by atoms with Crippen LogP contribution in [-0.4, -0.2) is 11.7 Å². The summed E-state index contributed by atoms with van der Waals surface area (Å²) in [6, 6.07) is 10.3. The molecule has 2 N–H and O–H groups in total. The van der Waals surface area contributed by atoms with Crippen molar-refractivity contribution in [1.29, 1.82) is 0 Å². The Balaban J connectivity index is 1.98. The van der Waals surface area contributed by atoms with Crippen molar-refractivity contribution in [2.75, 3.05) is 11.9 Å². The number of halogens is 3. The van der Waals surface area contributed by atoms with Crippen LogP contribution in [0.5, 0.6) is 0 Å². The number of aliphatic hydroxyl groups excluding tert-OH is 1. The van der Waals surface area contributed by atoms with Gasteiger partial charge in [0.2, 0.25) is 0 Å². The van der Waals surface area contributed by atoms with Gasteiger partial charge in [0.15, 0.2) is 0 Å². The van der Waals surface area contributed by atoms with E-state index in [1.807, 2.05) is 12.1 Å². The highest BCUT2D eigenvalue weighted by atomic mass is 79.9. The zero-order valence-corrected chi connectivity index (χ0v) is 13.5. The Bertz CT molecular complexity index is 694. The fraction of sp³-hybridized carbons (Fsp3) is 0.250. The molecule has 0 amide bonds. The van der Waals surface area contributed by atoms with Gasteiger partial charge in [0.1, 0.15) is 5.82 Å². The van der Waals surface area contributed by atoms with E-state index >= 15 is 0 Å². The number of fused-ring (bicyclic) bond motifs is 1. The molecule has 110 valence electrons. The minimum atomic E-state index is -0.573. The zero-order chi connectivity index (χ0) is 15.0. The van der Waals surface area contributed by atoms with Gasteiger partial charge >= 0.3 is 0 Å². The predicted molar refractivity (Wildman–Crippen MR) is 86.3 cm³/mol. The molecule has 1 atom stereocenters. The molecule has 2 aromatic carbocycles. The van der Waals surface area contributed by atoms with Gasteiger partial charge in [0.05, 0.1) is 17.2 Å². The van der Waals surface area contributed by atoms with Crippen molar-refractivity contribution >= 4 is 33.2 Å². The molecule has 2 nitrogen and oxygen atoms in total. The minimum absolute atomic E-state index is 0.0497. The monoisotopic (exact) mass is 369 g/mol. The second-order valence-corrected chi connectivity index (χ2v) is 6.56. The molecule has 0 aromatic heterocycles. The Morgan fingerprint density at radius 3 is 2.81 bits per heavy atom. The zero-order valence-electron chi connectivity index (χ0n) is 11.2. The number of aliphatic hydroxyl groups is 1. The molecular weight excluding hydrogens is 357 g/mol. The quantitative estimate of drug-likeness (QED) is 0.834. The Kier molecular flexibility index (Phi) is 3.95. The first-order valence-electron chi connectivity index (χ1n) is 6.67. The van der Waals surface area contributed by atoms with Gasteiger partial charge in [0, 0.05) is 10.2 Å². The normalized spacial score (nSPS) is 20.4. The summed E-state index contributed by atoms with van der Waals surface area (Å²) in [5, 5.41) is 13.9. The molecule has 1 unspecified atom stereocenters. The third kappa shape index (κ3) is 2.68. The number of rotatable bonds is 3. The summed E-state index contributed by atoms with van der Waals surface area (Å²) in [6.07, 6.45) is 1.47. The van der Waals surface area contributed by atoms with E-state index in [-0.39, 0.29) is 12.4 Å². The summed E-state index contributed by atoms with van der Waals surface area (Å²) in [5.74, 6) is -0.239. The molecule has 21 heavy (non-hydrogen) atoms. The SMILES string of the molecule is OCC1(Nc2ccc(Cl)c(Br)c2)CCc2cc(F)ccc21. The Morgan fingerprint density at radius 1 is 1.29 bits per heavy atom. The molecule has 0 aliphatic heterocycles. The highest BCUT2D eigenvalue weighted by molar-refractivity contribution is 9.10. The van der Waals surface area contributed by atoms with E-state index in [0.717, 1.165) is 34.1 Å². The third-order valence-electron chi connectivity index (χ3n) is 3.98. The smallest absolute Gasteiger partial charge is 0.123 e. The first kappa shape index (κ1) is 14.8. The van der Waals surface area contributed by atoms with Crippen molar-refractivity contribution in [1.82, 2.24) is 0 Å². The van der Waals surface area contributed by atoms with Crippen molar-refractivity contribution < 1.29 is 9.50 Å². The number of hydrogen-bond donors (Lipinski definition) is 2. The highest BCUT2D eigenvalue weighted by Gasteiger charge is 2.38. The van der Waals surface area contributed by atoms with Crippen LogP contribution in [0.2, 0.25) is 5.02 Å². The number of hydrogen-bond acceptors (Lipinski definition) is 2. The summed E-state index contributed by atoms with van der Waals surface area (Å²) in [4.78, 5) is 0. The molecule has 2 aromatic rings. The number of aryl methyl sites for hydroxylation is 1. The lowest BCUT2D eigenvalue weighted by atomic mass is 9.92. The fourth-order valence-electron chi connectivity index (χ4n) is 2.90.